The van der Waals surface area contributed by atoms with Crippen LogP contribution in [0.3, 0.4) is 0 Å². The Balaban J connectivity index is 1.15. The van der Waals surface area contributed by atoms with Crippen LogP contribution in [0.5, 0.6) is 0 Å². The number of para-hydroxylation sites is 2. The molecule has 0 atom stereocenters. The Labute approximate surface area is 290 Å². The molecule has 4 heterocycles. The first kappa shape index (κ1) is 28.4. The average Bonchev–Trinajstić information content (AvgIpc) is 3.58. The van der Waals surface area contributed by atoms with E-state index in [0.29, 0.717) is 17.5 Å². The van der Waals surface area contributed by atoms with E-state index in [1.165, 1.54) is 0 Å². The molecular weight excluding hydrogens is 635 g/mol. The minimum atomic E-state index is 0.612. The van der Waals surface area contributed by atoms with Crippen molar-refractivity contribution in [2.24, 2.45) is 0 Å². The molecule has 7 nitrogen and oxygen atoms in total. The molecule has 0 bridgehead atoms. The Bertz CT molecular complexity index is 2950. The third kappa shape index (κ3) is 4.50. The molecule has 234 valence electrons. The number of imidazole rings is 1. The number of rotatable bonds is 4. The number of hydrogen-bond acceptors (Lipinski definition) is 6. The summed E-state index contributed by atoms with van der Waals surface area (Å²) in [7, 11) is 0. The topological polar surface area (TPSA) is 73.3 Å². The van der Waals surface area contributed by atoms with E-state index in [-0.39, 0.29) is 0 Å². The summed E-state index contributed by atoms with van der Waals surface area (Å²) >= 11 is 6.07. The molecular formula is C42H25N7S. The van der Waals surface area contributed by atoms with Gasteiger partial charge in [-0.2, -0.15) is 0 Å². The van der Waals surface area contributed by atoms with Crippen molar-refractivity contribution in [2.75, 3.05) is 0 Å². The summed E-state index contributed by atoms with van der Waals surface area (Å²) in [6.45, 7) is 0. The molecule has 0 saturated heterocycles. The molecule has 0 N–H and O–H groups in total. The number of hydrogen-bond donors (Lipinski definition) is 0. The van der Waals surface area contributed by atoms with Crippen LogP contribution in [0.25, 0.3) is 89.6 Å². The molecule has 10 aromatic rings. The summed E-state index contributed by atoms with van der Waals surface area (Å²) in [5.74, 6) is 2.61. The van der Waals surface area contributed by atoms with Gasteiger partial charge in [0.05, 0.1) is 22.1 Å². The Kier molecular flexibility index (Phi) is 6.37. The van der Waals surface area contributed by atoms with Crippen LogP contribution in [0.2, 0.25) is 0 Å². The summed E-state index contributed by atoms with van der Waals surface area (Å²) in [5, 5.41) is 1.95. The van der Waals surface area contributed by atoms with Crippen molar-refractivity contribution < 1.29 is 0 Å². The minimum Gasteiger partial charge on any atom is -0.269 e. The zero-order chi connectivity index (χ0) is 33.2. The Morgan fingerprint density at radius 2 is 0.960 bits per heavy atom. The van der Waals surface area contributed by atoms with Crippen molar-refractivity contribution in [3.8, 4) is 45.3 Å². The van der Waals surface area contributed by atoms with Gasteiger partial charge in [0.15, 0.2) is 17.5 Å². The highest BCUT2D eigenvalue weighted by molar-refractivity contribution is 7.71. The maximum absolute atomic E-state index is 6.07. The SMILES string of the molecule is S=c1c2ccccc2nc2n1c1ccccc1c1nc3cc(-c4cccc(-c5nc(-c6ccccc6)nc(-c6ccccc6)n5)c4)ccc3n12. The summed E-state index contributed by atoms with van der Waals surface area (Å²) in [6, 6.07) is 51.1. The van der Waals surface area contributed by atoms with Gasteiger partial charge in [-0.15, -0.1) is 0 Å². The van der Waals surface area contributed by atoms with Gasteiger partial charge in [-0.1, -0.05) is 121 Å². The first-order valence-electron chi connectivity index (χ1n) is 16.3. The van der Waals surface area contributed by atoms with Crippen LogP contribution in [0, 0.1) is 4.64 Å². The maximum atomic E-state index is 6.07. The molecule has 0 spiro atoms. The van der Waals surface area contributed by atoms with Crippen molar-refractivity contribution in [2.45, 2.75) is 0 Å². The molecule has 0 aliphatic heterocycles. The van der Waals surface area contributed by atoms with E-state index in [1.54, 1.807) is 0 Å². The molecule has 0 aliphatic carbocycles. The van der Waals surface area contributed by atoms with Gasteiger partial charge < -0.3 is 0 Å². The van der Waals surface area contributed by atoms with E-state index in [4.69, 9.17) is 37.1 Å². The highest BCUT2D eigenvalue weighted by atomic mass is 32.1. The van der Waals surface area contributed by atoms with E-state index < -0.39 is 0 Å². The summed E-state index contributed by atoms with van der Waals surface area (Å²) in [4.78, 5) is 25.1. The molecule has 50 heavy (non-hydrogen) atoms. The molecule has 4 aromatic heterocycles. The van der Waals surface area contributed by atoms with E-state index in [2.05, 4.69) is 51.3 Å². The summed E-state index contributed by atoms with van der Waals surface area (Å²) in [6.07, 6.45) is 0. The third-order valence-electron chi connectivity index (χ3n) is 9.15. The highest BCUT2D eigenvalue weighted by Crippen LogP contribution is 2.33. The lowest BCUT2D eigenvalue weighted by Gasteiger charge is -2.12. The molecule has 6 aromatic carbocycles. The van der Waals surface area contributed by atoms with Crippen LogP contribution in [-0.2, 0) is 0 Å². The van der Waals surface area contributed by atoms with E-state index >= 15 is 0 Å². The molecule has 0 unspecified atom stereocenters. The quantitative estimate of drug-likeness (QED) is 0.106. The second-order valence-electron chi connectivity index (χ2n) is 12.2. The number of nitrogens with zero attached hydrogens (tertiary/aromatic N) is 7. The molecule has 0 fully saturated rings. The zero-order valence-corrected chi connectivity index (χ0v) is 27.3. The predicted octanol–water partition coefficient (Wildman–Crippen LogP) is 10.0. The summed E-state index contributed by atoms with van der Waals surface area (Å²) < 4.78 is 4.92. The molecule has 0 amide bonds. The number of benzene rings is 6. The van der Waals surface area contributed by atoms with Crippen molar-refractivity contribution >= 4 is 56.5 Å². The van der Waals surface area contributed by atoms with Crippen molar-refractivity contribution in [3.05, 3.63) is 156 Å². The highest BCUT2D eigenvalue weighted by Gasteiger charge is 2.18. The molecule has 10 rings (SSSR count). The maximum Gasteiger partial charge on any atom is 0.222 e. The molecule has 0 radical (unpaired) electrons. The van der Waals surface area contributed by atoms with Gasteiger partial charge >= 0.3 is 0 Å². The standard InChI is InChI=1S/C42H25N7S/c50-41-31-18-7-9-20-33(31)44-42-48-36-23-22-29(25-34(36)43-40(48)32-19-8-10-21-35(32)49(41)42)28-16-11-17-30(24-28)39-46-37(26-12-3-1-4-13-26)45-38(47-39)27-14-5-2-6-15-27/h1-25H. The second kappa shape index (κ2) is 11.2. The van der Waals surface area contributed by atoms with E-state index in [1.807, 2.05) is 109 Å². The Morgan fingerprint density at radius 1 is 0.380 bits per heavy atom. The third-order valence-corrected chi connectivity index (χ3v) is 9.55. The fourth-order valence-electron chi connectivity index (χ4n) is 6.76. The molecule has 0 aliphatic rings. The lowest BCUT2D eigenvalue weighted by molar-refractivity contribution is 1.07. The van der Waals surface area contributed by atoms with E-state index in [0.717, 1.165) is 76.7 Å². The van der Waals surface area contributed by atoms with Gasteiger partial charge in [-0.3, -0.25) is 8.80 Å². The van der Waals surface area contributed by atoms with Crippen LogP contribution in [0.4, 0.5) is 0 Å². The first-order valence-corrected chi connectivity index (χ1v) is 16.7. The normalized spacial score (nSPS) is 11.7. The van der Waals surface area contributed by atoms with Gasteiger partial charge in [0, 0.05) is 27.5 Å². The van der Waals surface area contributed by atoms with Gasteiger partial charge in [-0.05, 0) is 53.6 Å². The van der Waals surface area contributed by atoms with Crippen LogP contribution in [-0.4, -0.2) is 33.7 Å². The van der Waals surface area contributed by atoms with Crippen LogP contribution < -0.4 is 0 Å². The van der Waals surface area contributed by atoms with Crippen LogP contribution >= 0.6 is 12.2 Å². The average molecular weight is 660 g/mol. The van der Waals surface area contributed by atoms with Crippen molar-refractivity contribution in [3.63, 3.8) is 0 Å². The van der Waals surface area contributed by atoms with E-state index in [9.17, 15) is 0 Å². The minimum absolute atomic E-state index is 0.612. The predicted molar refractivity (Wildman–Crippen MR) is 202 cm³/mol. The lowest BCUT2D eigenvalue weighted by Crippen LogP contribution is -2.04. The monoisotopic (exact) mass is 659 g/mol. The summed E-state index contributed by atoms with van der Waals surface area (Å²) in [5.41, 5.74) is 9.33. The zero-order valence-electron chi connectivity index (χ0n) is 26.5. The van der Waals surface area contributed by atoms with Gasteiger partial charge in [0.25, 0.3) is 0 Å². The number of fused-ring (bicyclic) bond motifs is 9. The van der Waals surface area contributed by atoms with Gasteiger partial charge in [0.1, 0.15) is 10.3 Å². The Morgan fingerprint density at radius 3 is 1.70 bits per heavy atom. The lowest BCUT2D eigenvalue weighted by atomic mass is 10.0. The fourth-order valence-corrected chi connectivity index (χ4v) is 7.12. The second-order valence-corrected chi connectivity index (χ2v) is 12.6. The van der Waals surface area contributed by atoms with Crippen LogP contribution in [0.15, 0.2) is 152 Å². The van der Waals surface area contributed by atoms with Gasteiger partial charge in [-0.25, -0.2) is 24.9 Å². The van der Waals surface area contributed by atoms with Crippen LogP contribution in [0.1, 0.15) is 0 Å². The van der Waals surface area contributed by atoms with Gasteiger partial charge in [0.2, 0.25) is 5.78 Å². The molecule has 8 heteroatoms. The number of aromatic nitrogens is 7. The smallest absolute Gasteiger partial charge is 0.222 e. The Hall–Kier alpha value is -6.64. The largest absolute Gasteiger partial charge is 0.269 e. The molecule has 0 saturated carbocycles. The van der Waals surface area contributed by atoms with Crippen molar-refractivity contribution in [1.82, 2.24) is 33.7 Å². The fraction of sp³-hybridized carbons (Fsp3) is 0. The first-order chi connectivity index (χ1) is 24.7. The van der Waals surface area contributed by atoms with Crippen molar-refractivity contribution in [1.29, 1.82) is 0 Å².